The first-order valence-electron chi connectivity index (χ1n) is 5.19. The van der Waals surface area contributed by atoms with Gasteiger partial charge in [0.05, 0.1) is 5.69 Å². The maximum atomic E-state index is 11.7. The van der Waals surface area contributed by atoms with Crippen LogP contribution in [0.2, 0.25) is 0 Å². The highest BCUT2D eigenvalue weighted by molar-refractivity contribution is 5.59. The normalized spacial score (nSPS) is 10.0. The van der Waals surface area contributed by atoms with Crippen molar-refractivity contribution < 1.29 is 0 Å². The molecule has 0 bridgehead atoms. The van der Waals surface area contributed by atoms with E-state index in [9.17, 15) is 4.79 Å². The topological polar surface area (TPSA) is 22.0 Å². The Morgan fingerprint density at radius 2 is 1.81 bits per heavy atom. The summed E-state index contributed by atoms with van der Waals surface area (Å²) in [6.07, 6.45) is 1.73. The van der Waals surface area contributed by atoms with E-state index in [0.29, 0.717) is 6.54 Å². The Hall–Kier alpha value is -2.09. The van der Waals surface area contributed by atoms with Gasteiger partial charge in [0.1, 0.15) is 0 Å². The summed E-state index contributed by atoms with van der Waals surface area (Å²) in [6.45, 7) is 4.20. The van der Waals surface area contributed by atoms with Crippen LogP contribution in [0.5, 0.6) is 0 Å². The van der Waals surface area contributed by atoms with Gasteiger partial charge in [-0.2, -0.15) is 0 Å². The van der Waals surface area contributed by atoms with Crippen molar-refractivity contribution in [2.45, 2.75) is 6.54 Å². The number of nitrogens with zero attached hydrogens (tertiary/aromatic N) is 1. The predicted molar refractivity (Wildman–Crippen MR) is 66.3 cm³/mol. The van der Waals surface area contributed by atoms with Crippen molar-refractivity contribution in [1.29, 1.82) is 0 Å². The molecule has 2 rings (SSSR count). The molecule has 0 atom stereocenters. The molecule has 2 heteroatoms. The highest BCUT2D eigenvalue weighted by atomic mass is 16.1. The Morgan fingerprint density at radius 3 is 2.50 bits per heavy atom. The molecular weight excluding hydrogens is 198 g/mol. The van der Waals surface area contributed by atoms with Gasteiger partial charge < -0.3 is 4.57 Å². The average molecular weight is 211 g/mol. The van der Waals surface area contributed by atoms with Crippen molar-refractivity contribution in [2.24, 2.45) is 0 Å². The Balaban J connectivity index is 2.61. The smallest absolute Gasteiger partial charge is 0.251 e. The minimum Gasteiger partial charge on any atom is -0.304 e. The SMILES string of the molecule is C=CCn1c(-c2ccccc2)cccc1=O. The van der Waals surface area contributed by atoms with Gasteiger partial charge in [-0.15, -0.1) is 6.58 Å². The van der Waals surface area contributed by atoms with Gasteiger partial charge in [-0.3, -0.25) is 4.79 Å². The molecule has 0 N–H and O–H groups in total. The van der Waals surface area contributed by atoms with Crippen molar-refractivity contribution in [3.05, 3.63) is 71.5 Å². The lowest BCUT2D eigenvalue weighted by Gasteiger charge is -2.10. The Kier molecular flexibility index (Phi) is 3.01. The Morgan fingerprint density at radius 1 is 1.06 bits per heavy atom. The Bertz CT molecular complexity index is 540. The standard InChI is InChI=1S/C14H13NO/c1-2-11-15-13(9-6-10-14(15)16)12-7-4-3-5-8-12/h2-10H,1,11H2. The third kappa shape index (κ3) is 1.96. The summed E-state index contributed by atoms with van der Waals surface area (Å²) in [5, 5.41) is 0. The number of rotatable bonds is 3. The number of benzene rings is 1. The molecule has 0 aliphatic rings. The first-order chi connectivity index (χ1) is 7.83. The van der Waals surface area contributed by atoms with E-state index in [0.717, 1.165) is 11.3 Å². The van der Waals surface area contributed by atoms with Crippen molar-refractivity contribution in [3.8, 4) is 11.3 Å². The summed E-state index contributed by atoms with van der Waals surface area (Å²) < 4.78 is 1.71. The lowest BCUT2D eigenvalue weighted by molar-refractivity contribution is 0.790. The van der Waals surface area contributed by atoms with Gasteiger partial charge in [0.15, 0.2) is 0 Å². The molecule has 0 aliphatic carbocycles. The van der Waals surface area contributed by atoms with Crippen LogP contribution in [0.1, 0.15) is 0 Å². The first kappa shape index (κ1) is 10.4. The summed E-state index contributed by atoms with van der Waals surface area (Å²) in [7, 11) is 0. The number of hydrogen-bond donors (Lipinski definition) is 0. The molecule has 1 heterocycles. The van der Waals surface area contributed by atoms with Crippen molar-refractivity contribution in [3.63, 3.8) is 0 Å². The molecule has 0 fully saturated rings. The molecule has 0 aliphatic heterocycles. The van der Waals surface area contributed by atoms with E-state index < -0.39 is 0 Å². The third-order valence-corrected chi connectivity index (χ3v) is 2.43. The second kappa shape index (κ2) is 4.62. The van der Waals surface area contributed by atoms with E-state index >= 15 is 0 Å². The number of aromatic nitrogens is 1. The summed E-state index contributed by atoms with van der Waals surface area (Å²) >= 11 is 0. The van der Waals surface area contributed by atoms with Gasteiger partial charge in [0, 0.05) is 12.6 Å². The van der Waals surface area contributed by atoms with E-state index in [1.54, 1.807) is 22.8 Å². The quantitative estimate of drug-likeness (QED) is 0.715. The second-order valence-electron chi connectivity index (χ2n) is 3.51. The monoisotopic (exact) mass is 211 g/mol. The summed E-state index contributed by atoms with van der Waals surface area (Å²) in [5.74, 6) is 0. The van der Waals surface area contributed by atoms with Crippen LogP contribution in [0.15, 0.2) is 66.0 Å². The van der Waals surface area contributed by atoms with E-state index in [1.165, 1.54) is 0 Å². The molecule has 2 aromatic rings. The molecule has 80 valence electrons. The van der Waals surface area contributed by atoms with E-state index in [-0.39, 0.29) is 5.56 Å². The second-order valence-corrected chi connectivity index (χ2v) is 3.51. The molecular formula is C14H13NO. The largest absolute Gasteiger partial charge is 0.304 e. The fourth-order valence-corrected chi connectivity index (χ4v) is 1.70. The van der Waals surface area contributed by atoms with Crippen LogP contribution < -0.4 is 5.56 Å². The van der Waals surface area contributed by atoms with Gasteiger partial charge >= 0.3 is 0 Å². The lowest BCUT2D eigenvalue weighted by Crippen LogP contribution is -2.19. The maximum absolute atomic E-state index is 11.7. The van der Waals surface area contributed by atoms with Crippen LogP contribution in [-0.4, -0.2) is 4.57 Å². The zero-order valence-electron chi connectivity index (χ0n) is 8.97. The van der Waals surface area contributed by atoms with Crippen molar-refractivity contribution in [1.82, 2.24) is 4.57 Å². The minimum absolute atomic E-state index is 0.00116. The van der Waals surface area contributed by atoms with E-state index in [4.69, 9.17) is 0 Å². The lowest BCUT2D eigenvalue weighted by atomic mass is 10.1. The highest BCUT2D eigenvalue weighted by Gasteiger charge is 2.03. The first-order valence-corrected chi connectivity index (χ1v) is 5.19. The maximum Gasteiger partial charge on any atom is 0.251 e. The molecule has 0 spiro atoms. The zero-order chi connectivity index (χ0) is 11.4. The van der Waals surface area contributed by atoms with Gasteiger partial charge in [-0.1, -0.05) is 42.5 Å². The highest BCUT2D eigenvalue weighted by Crippen LogP contribution is 2.16. The van der Waals surface area contributed by atoms with Gasteiger partial charge in [0.2, 0.25) is 0 Å². The molecule has 16 heavy (non-hydrogen) atoms. The van der Waals surface area contributed by atoms with Crippen molar-refractivity contribution >= 4 is 0 Å². The van der Waals surface area contributed by atoms with Gasteiger partial charge in [-0.25, -0.2) is 0 Å². The van der Waals surface area contributed by atoms with Crippen LogP contribution in [0, 0.1) is 0 Å². The molecule has 0 unspecified atom stereocenters. The average Bonchev–Trinajstić information content (AvgIpc) is 2.33. The number of pyridine rings is 1. The summed E-state index contributed by atoms with van der Waals surface area (Å²) in [5.41, 5.74) is 1.97. The zero-order valence-corrected chi connectivity index (χ0v) is 8.97. The minimum atomic E-state index is 0.00116. The predicted octanol–water partition coefficient (Wildman–Crippen LogP) is 2.70. The van der Waals surface area contributed by atoms with Crippen molar-refractivity contribution in [2.75, 3.05) is 0 Å². The van der Waals surface area contributed by atoms with Gasteiger partial charge in [-0.05, 0) is 11.6 Å². The fraction of sp³-hybridized carbons (Fsp3) is 0.0714. The molecule has 2 nitrogen and oxygen atoms in total. The third-order valence-electron chi connectivity index (χ3n) is 2.43. The molecule has 1 aromatic carbocycles. The fourth-order valence-electron chi connectivity index (χ4n) is 1.70. The van der Waals surface area contributed by atoms with Crippen LogP contribution in [-0.2, 0) is 6.54 Å². The molecule has 0 saturated heterocycles. The number of allylic oxidation sites excluding steroid dienone is 1. The molecule has 1 aromatic heterocycles. The molecule has 0 radical (unpaired) electrons. The number of hydrogen-bond acceptors (Lipinski definition) is 1. The summed E-state index contributed by atoms with van der Waals surface area (Å²) in [4.78, 5) is 11.7. The van der Waals surface area contributed by atoms with E-state index in [2.05, 4.69) is 6.58 Å². The van der Waals surface area contributed by atoms with Gasteiger partial charge in [0.25, 0.3) is 5.56 Å². The van der Waals surface area contributed by atoms with Crippen LogP contribution >= 0.6 is 0 Å². The molecule has 0 amide bonds. The molecule has 0 saturated carbocycles. The Labute approximate surface area is 94.5 Å². The summed E-state index contributed by atoms with van der Waals surface area (Å²) in [6, 6.07) is 15.2. The van der Waals surface area contributed by atoms with E-state index in [1.807, 2.05) is 36.4 Å². The van der Waals surface area contributed by atoms with Crippen LogP contribution in [0.3, 0.4) is 0 Å². The van der Waals surface area contributed by atoms with Crippen LogP contribution in [0.25, 0.3) is 11.3 Å². The van der Waals surface area contributed by atoms with Crippen LogP contribution in [0.4, 0.5) is 0 Å².